The average molecular weight is 575 g/mol. The number of hydrogen-bond donors (Lipinski definition) is 1. The highest BCUT2D eigenvalue weighted by atomic mass is 79.9. The number of carbonyl (C=O) groups is 2. The number of rotatable bonds is 9. The van der Waals surface area contributed by atoms with Gasteiger partial charge in [-0.15, -0.1) is 11.3 Å². The molecule has 1 amide bonds. The van der Waals surface area contributed by atoms with Crippen LogP contribution in [-0.2, 0) is 9.53 Å². The molecule has 1 N–H and O–H groups in total. The number of ether oxygens (including phenoxy) is 3. The Balaban J connectivity index is 1.94. The zero-order valence-electron chi connectivity index (χ0n) is 19.9. The number of thiophene rings is 1. The zero-order valence-corrected chi connectivity index (χ0v) is 22.3. The maximum Gasteiger partial charge on any atom is 0.341 e. The number of nitrogens with one attached hydrogen (secondary N) is 1. The van der Waals surface area contributed by atoms with Crippen molar-refractivity contribution in [3.05, 3.63) is 73.1 Å². The Morgan fingerprint density at radius 1 is 1.17 bits per heavy atom. The lowest BCUT2D eigenvalue weighted by molar-refractivity contribution is -0.384. The third-order valence-corrected chi connectivity index (χ3v) is 6.66. The van der Waals surface area contributed by atoms with Crippen LogP contribution in [0.2, 0.25) is 0 Å². The van der Waals surface area contributed by atoms with Gasteiger partial charge >= 0.3 is 5.97 Å². The Labute approximate surface area is 220 Å². The Morgan fingerprint density at radius 3 is 2.44 bits per heavy atom. The van der Waals surface area contributed by atoms with E-state index in [4.69, 9.17) is 14.2 Å². The molecule has 36 heavy (non-hydrogen) atoms. The number of carbonyl (C=O) groups excluding carboxylic acids is 2. The number of nitro benzene ring substituents is 1. The molecule has 0 bridgehead atoms. The van der Waals surface area contributed by atoms with Gasteiger partial charge in [-0.2, -0.15) is 0 Å². The minimum absolute atomic E-state index is 0.0650. The number of amides is 1. The molecule has 1 heterocycles. The van der Waals surface area contributed by atoms with Crippen molar-refractivity contribution in [2.75, 3.05) is 26.1 Å². The highest BCUT2D eigenvalue weighted by molar-refractivity contribution is 9.10. The van der Waals surface area contributed by atoms with Gasteiger partial charge in [0.2, 0.25) is 5.91 Å². The lowest BCUT2D eigenvalue weighted by Gasteiger charge is -2.10. The van der Waals surface area contributed by atoms with Gasteiger partial charge in [0.05, 0.1) is 30.2 Å². The summed E-state index contributed by atoms with van der Waals surface area (Å²) in [6, 6.07) is 9.36. The van der Waals surface area contributed by atoms with Crippen molar-refractivity contribution in [2.45, 2.75) is 13.8 Å². The maximum absolute atomic E-state index is 12.9. The predicted molar refractivity (Wildman–Crippen MR) is 142 cm³/mol. The normalized spacial score (nSPS) is 10.8. The van der Waals surface area contributed by atoms with Crippen LogP contribution in [0.4, 0.5) is 10.7 Å². The molecule has 9 nitrogen and oxygen atoms in total. The SMILES string of the molecule is CCOC(=O)c1c(NC(=O)C=Cc2cc(Br)c(OC)c(OC)c2)sc(C)c1-c1ccc([N+](=O)[O-])cc1. The standard InChI is InChI=1S/C25H23BrN2O7S/c1-5-35-25(30)22-21(16-7-9-17(10-8-16)28(31)32)14(2)36-24(22)27-20(29)11-6-15-12-18(26)23(34-4)19(13-15)33-3/h6-13H,5H2,1-4H3,(H,27,29). The number of nitro groups is 1. The molecule has 11 heteroatoms. The number of nitrogens with zero attached hydrogens (tertiary/aromatic N) is 1. The largest absolute Gasteiger partial charge is 0.493 e. The van der Waals surface area contributed by atoms with Gasteiger partial charge in [0.15, 0.2) is 11.5 Å². The van der Waals surface area contributed by atoms with E-state index in [1.807, 2.05) is 0 Å². The molecule has 188 valence electrons. The summed E-state index contributed by atoms with van der Waals surface area (Å²) in [6.07, 6.45) is 2.94. The number of benzene rings is 2. The molecule has 0 aliphatic carbocycles. The molecule has 3 rings (SSSR count). The summed E-state index contributed by atoms with van der Waals surface area (Å²) >= 11 is 4.64. The van der Waals surface area contributed by atoms with Crippen molar-refractivity contribution in [1.29, 1.82) is 0 Å². The summed E-state index contributed by atoms with van der Waals surface area (Å²) in [5.74, 6) is -0.0228. The van der Waals surface area contributed by atoms with Gasteiger partial charge in [-0.25, -0.2) is 4.79 Å². The summed E-state index contributed by atoms with van der Waals surface area (Å²) < 4.78 is 16.5. The molecule has 3 aromatic rings. The van der Waals surface area contributed by atoms with Gasteiger partial charge in [0, 0.05) is 28.6 Å². The monoisotopic (exact) mass is 574 g/mol. The van der Waals surface area contributed by atoms with E-state index < -0.39 is 16.8 Å². The highest BCUT2D eigenvalue weighted by Crippen LogP contribution is 2.41. The summed E-state index contributed by atoms with van der Waals surface area (Å²) in [7, 11) is 3.05. The van der Waals surface area contributed by atoms with Crippen LogP contribution in [0, 0.1) is 17.0 Å². The second kappa shape index (κ2) is 11.8. The summed E-state index contributed by atoms with van der Waals surface area (Å²) in [6.45, 7) is 3.64. The van der Waals surface area contributed by atoms with E-state index in [1.54, 1.807) is 44.2 Å². The number of hydrogen-bond acceptors (Lipinski definition) is 8. The van der Waals surface area contributed by atoms with Crippen LogP contribution < -0.4 is 14.8 Å². The smallest absolute Gasteiger partial charge is 0.341 e. The molecule has 0 saturated heterocycles. The summed E-state index contributed by atoms with van der Waals surface area (Å²) in [5, 5.41) is 14.1. The van der Waals surface area contributed by atoms with Crippen molar-refractivity contribution in [3.8, 4) is 22.6 Å². The van der Waals surface area contributed by atoms with Gasteiger partial charge in [-0.3, -0.25) is 14.9 Å². The van der Waals surface area contributed by atoms with E-state index >= 15 is 0 Å². The molecule has 0 fully saturated rings. The minimum atomic E-state index is -0.599. The first-order chi connectivity index (χ1) is 17.2. The van der Waals surface area contributed by atoms with Gasteiger partial charge in [-0.1, -0.05) is 0 Å². The number of esters is 1. The Bertz CT molecular complexity index is 1330. The third-order valence-electron chi connectivity index (χ3n) is 5.05. The first-order valence-corrected chi connectivity index (χ1v) is 12.3. The first kappa shape index (κ1) is 26.9. The molecule has 0 radical (unpaired) electrons. The molecule has 0 aliphatic heterocycles. The quantitative estimate of drug-likeness (QED) is 0.139. The van der Waals surface area contributed by atoms with Crippen LogP contribution in [0.3, 0.4) is 0 Å². The fourth-order valence-corrected chi connectivity index (χ4v) is 5.18. The Morgan fingerprint density at radius 2 is 1.86 bits per heavy atom. The van der Waals surface area contributed by atoms with Gasteiger partial charge in [0.1, 0.15) is 10.6 Å². The number of anilines is 1. The van der Waals surface area contributed by atoms with Crippen molar-refractivity contribution < 1.29 is 28.7 Å². The zero-order chi connectivity index (χ0) is 26.4. The van der Waals surface area contributed by atoms with E-state index in [9.17, 15) is 19.7 Å². The Kier molecular flexibility index (Phi) is 8.83. The molecule has 0 unspecified atom stereocenters. The lowest BCUT2D eigenvalue weighted by Crippen LogP contribution is -2.12. The van der Waals surface area contributed by atoms with Crippen LogP contribution in [0.5, 0.6) is 11.5 Å². The Hall–Kier alpha value is -3.70. The van der Waals surface area contributed by atoms with E-state index in [1.165, 1.54) is 43.8 Å². The number of non-ortho nitro benzene ring substituents is 1. The second-order valence-electron chi connectivity index (χ2n) is 7.32. The van der Waals surface area contributed by atoms with E-state index in [0.717, 1.165) is 4.88 Å². The predicted octanol–water partition coefficient (Wildman–Crippen LogP) is 6.24. The third kappa shape index (κ3) is 5.92. The number of halogens is 1. The molecule has 0 spiro atoms. The first-order valence-electron chi connectivity index (χ1n) is 10.7. The van der Waals surface area contributed by atoms with E-state index in [-0.39, 0.29) is 17.9 Å². The summed E-state index contributed by atoms with van der Waals surface area (Å²) in [5.41, 5.74) is 1.97. The fraction of sp³-hybridized carbons (Fsp3) is 0.200. The summed E-state index contributed by atoms with van der Waals surface area (Å²) in [4.78, 5) is 36.9. The van der Waals surface area contributed by atoms with Crippen LogP contribution in [0.1, 0.15) is 27.7 Å². The minimum Gasteiger partial charge on any atom is -0.493 e. The van der Waals surface area contributed by atoms with Crippen molar-refractivity contribution in [1.82, 2.24) is 0 Å². The number of aryl methyl sites for hydroxylation is 1. The molecule has 0 atom stereocenters. The van der Waals surface area contributed by atoms with Gasteiger partial charge in [0.25, 0.3) is 5.69 Å². The average Bonchev–Trinajstić information content (AvgIpc) is 3.17. The molecular weight excluding hydrogens is 552 g/mol. The molecule has 0 saturated carbocycles. The highest BCUT2D eigenvalue weighted by Gasteiger charge is 2.25. The second-order valence-corrected chi connectivity index (χ2v) is 9.40. The van der Waals surface area contributed by atoms with Gasteiger partial charge in [-0.05, 0) is 71.2 Å². The topological polar surface area (TPSA) is 117 Å². The molecule has 2 aromatic carbocycles. The maximum atomic E-state index is 12.9. The lowest BCUT2D eigenvalue weighted by atomic mass is 10.0. The van der Waals surface area contributed by atoms with Crippen LogP contribution in [0.25, 0.3) is 17.2 Å². The van der Waals surface area contributed by atoms with Gasteiger partial charge < -0.3 is 19.5 Å². The van der Waals surface area contributed by atoms with Crippen molar-refractivity contribution in [3.63, 3.8) is 0 Å². The number of methoxy groups -OCH3 is 2. The van der Waals surface area contributed by atoms with Crippen molar-refractivity contribution >= 4 is 55.9 Å². The van der Waals surface area contributed by atoms with Crippen LogP contribution in [0.15, 0.2) is 46.9 Å². The molecule has 0 aliphatic rings. The van der Waals surface area contributed by atoms with E-state index in [0.29, 0.717) is 37.7 Å². The van der Waals surface area contributed by atoms with E-state index in [2.05, 4.69) is 21.2 Å². The van der Waals surface area contributed by atoms with Crippen molar-refractivity contribution in [2.24, 2.45) is 0 Å². The fourth-order valence-electron chi connectivity index (χ4n) is 3.49. The molecular formula is C25H23BrN2O7S. The van der Waals surface area contributed by atoms with Crippen LogP contribution in [-0.4, -0.2) is 37.6 Å². The molecule has 1 aromatic heterocycles. The van der Waals surface area contributed by atoms with Crippen LogP contribution >= 0.6 is 27.3 Å².